The van der Waals surface area contributed by atoms with Gasteiger partial charge in [0, 0.05) is 12.5 Å². The Bertz CT molecular complexity index is 753. The summed E-state index contributed by atoms with van der Waals surface area (Å²) in [5.41, 5.74) is 1.77. The smallest absolute Gasteiger partial charge is 0.407 e. The van der Waals surface area contributed by atoms with E-state index in [0.717, 1.165) is 12.0 Å². The Balaban J connectivity index is 1.94. The van der Waals surface area contributed by atoms with Crippen LogP contribution in [-0.4, -0.2) is 31.5 Å². The van der Waals surface area contributed by atoms with Gasteiger partial charge in [0.2, 0.25) is 0 Å². The van der Waals surface area contributed by atoms with Crippen molar-refractivity contribution < 1.29 is 19.0 Å². The summed E-state index contributed by atoms with van der Waals surface area (Å²) < 4.78 is 16.7. The van der Waals surface area contributed by atoms with Gasteiger partial charge in [-0.25, -0.2) is 4.79 Å². The van der Waals surface area contributed by atoms with Crippen LogP contribution in [0.4, 0.5) is 4.79 Å². The zero-order chi connectivity index (χ0) is 20.6. The molecule has 28 heavy (non-hydrogen) atoms. The number of benzene rings is 2. The van der Waals surface area contributed by atoms with Crippen molar-refractivity contribution in [3.05, 3.63) is 59.7 Å². The summed E-state index contributed by atoms with van der Waals surface area (Å²) in [6.07, 6.45) is 1.08. The highest BCUT2D eigenvalue weighted by molar-refractivity contribution is 5.68. The van der Waals surface area contributed by atoms with Gasteiger partial charge in [-0.1, -0.05) is 36.4 Å². The monoisotopic (exact) mass is 385 g/mol. The number of carbonyl (C=O) groups is 1. The number of alkyl carbamates (subject to hydrolysis) is 1. The molecule has 0 aromatic heterocycles. The van der Waals surface area contributed by atoms with E-state index in [4.69, 9.17) is 14.2 Å². The number of nitrogens with one attached hydrogen (secondary N) is 1. The van der Waals surface area contributed by atoms with Gasteiger partial charge in [0.25, 0.3) is 0 Å². The second kappa shape index (κ2) is 10.0. The molecule has 0 aliphatic rings. The fourth-order valence-electron chi connectivity index (χ4n) is 2.80. The minimum Gasteiger partial charge on any atom is -0.493 e. The first-order valence-electron chi connectivity index (χ1n) is 9.60. The lowest BCUT2D eigenvalue weighted by Crippen LogP contribution is -2.38. The van der Waals surface area contributed by atoms with Gasteiger partial charge in [0.15, 0.2) is 11.5 Å². The number of hydrogen-bond acceptors (Lipinski definition) is 4. The summed E-state index contributed by atoms with van der Waals surface area (Å²) in [5.74, 6) is 1.41. The van der Waals surface area contributed by atoms with Crippen molar-refractivity contribution in [2.75, 3.05) is 13.7 Å². The Hall–Kier alpha value is -2.69. The van der Waals surface area contributed by atoms with Gasteiger partial charge >= 0.3 is 6.09 Å². The van der Waals surface area contributed by atoms with Crippen molar-refractivity contribution in [2.45, 2.75) is 52.2 Å². The molecule has 1 amide bonds. The van der Waals surface area contributed by atoms with Crippen molar-refractivity contribution in [1.82, 2.24) is 5.32 Å². The Morgan fingerprint density at radius 1 is 1.04 bits per heavy atom. The molecule has 2 rings (SSSR count). The van der Waals surface area contributed by atoms with Crippen molar-refractivity contribution in [3.8, 4) is 11.5 Å². The van der Waals surface area contributed by atoms with Crippen LogP contribution < -0.4 is 14.8 Å². The van der Waals surface area contributed by atoms with E-state index in [2.05, 4.69) is 17.4 Å². The summed E-state index contributed by atoms with van der Waals surface area (Å²) in [6, 6.07) is 16.0. The van der Waals surface area contributed by atoms with Crippen molar-refractivity contribution in [1.29, 1.82) is 0 Å². The minimum absolute atomic E-state index is 0.0691. The molecule has 0 fully saturated rings. The number of carbonyl (C=O) groups excluding carboxylic acids is 1. The number of methoxy groups -OCH3 is 1. The quantitative estimate of drug-likeness (QED) is 0.711. The molecule has 5 heteroatoms. The van der Waals surface area contributed by atoms with Crippen LogP contribution in [0.5, 0.6) is 11.5 Å². The lowest BCUT2D eigenvalue weighted by atomic mass is 10.1. The summed E-state index contributed by atoms with van der Waals surface area (Å²) in [5, 5.41) is 2.86. The van der Waals surface area contributed by atoms with Gasteiger partial charge in [-0.15, -0.1) is 0 Å². The highest BCUT2D eigenvalue weighted by atomic mass is 16.6. The molecule has 2 aromatic rings. The van der Waals surface area contributed by atoms with Gasteiger partial charge in [-0.3, -0.25) is 0 Å². The number of hydrogen-bond donors (Lipinski definition) is 1. The third-order valence-corrected chi connectivity index (χ3v) is 4.02. The number of amides is 1. The highest BCUT2D eigenvalue weighted by Gasteiger charge is 2.18. The van der Waals surface area contributed by atoms with E-state index < -0.39 is 11.7 Å². The van der Waals surface area contributed by atoms with Crippen LogP contribution in [0.25, 0.3) is 0 Å². The van der Waals surface area contributed by atoms with Crippen LogP contribution >= 0.6 is 0 Å². The molecule has 0 aliphatic carbocycles. The second-order valence-corrected chi connectivity index (χ2v) is 7.82. The second-order valence-electron chi connectivity index (χ2n) is 7.82. The van der Waals surface area contributed by atoms with Crippen LogP contribution in [0, 0.1) is 0 Å². The maximum atomic E-state index is 11.9. The lowest BCUT2D eigenvalue weighted by molar-refractivity contribution is 0.0508. The largest absolute Gasteiger partial charge is 0.493 e. The summed E-state index contributed by atoms with van der Waals surface area (Å²) in [4.78, 5) is 11.9. The number of ether oxygens (including phenoxy) is 3. The van der Waals surface area contributed by atoms with Crippen LogP contribution in [0.15, 0.2) is 48.5 Å². The predicted molar refractivity (Wildman–Crippen MR) is 111 cm³/mol. The zero-order valence-electron chi connectivity index (χ0n) is 17.5. The Kier molecular flexibility index (Phi) is 7.73. The van der Waals surface area contributed by atoms with Crippen molar-refractivity contribution >= 4 is 6.09 Å². The maximum absolute atomic E-state index is 11.9. The molecule has 0 saturated carbocycles. The molecule has 5 nitrogen and oxygen atoms in total. The molecule has 1 atom stereocenters. The SMILES string of the molecule is COc1ccc(CC(C)NC(=O)OC(C)(C)C)cc1OCCc1ccccc1. The summed E-state index contributed by atoms with van der Waals surface area (Å²) >= 11 is 0. The third-order valence-electron chi connectivity index (χ3n) is 4.02. The fourth-order valence-corrected chi connectivity index (χ4v) is 2.80. The van der Waals surface area contributed by atoms with E-state index in [-0.39, 0.29) is 6.04 Å². The maximum Gasteiger partial charge on any atom is 0.407 e. The molecule has 1 unspecified atom stereocenters. The predicted octanol–water partition coefficient (Wildman–Crippen LogP) is 4.77. The summed E-state index contributed by atoms with van der Waals surface area (Å²) in [6.45, 7) is 8.05. The molecule has 0 radical (unpaired) electrons. The van der Waals surface area contributed by atoms with Crippen LogP contribution in [-0.2, 0) is 17.6 Å². The lowest BCUT2D eigenvalue weighted by Gasteiger charge is -2.22. The van der Waals surface area contributed by atoms with E-state index >= 15 is 0 Å². The fraction of sp³-hybridized carbons (Fsp3) is 0.435. The molecule has 0 saturated heterocycles. The molecular formula is C23H31NO4. The Morgan fingerprint density at radius 2 is 1.75 bits per heavy atom. The molecule has 0 spiro atoms. The first-order valence-corrected chi connectivity index (χ1v) is 9.60. The standard InChI is InChI=1S/C23H31NO4/c1-17(24-22(25)28-23(2,3)4)15-19-11-12-20(26-5)21(16-19)27-14-13-18-9-7-6-8-10-18/h6-12,16-17H,13-15H2,1-5H3,(H,24,25). The first-order chi connectivity index (χ1) is 13.3. The first kappa shape index (κ1) is 21.6. The van der Waals surface area contributed by atoms with E-state index in [1.54, 1.807) is 7.11 Å². The Labute approximate surface area is 168 Å². The van der Waals surface area contributed by atoms with Gasteiger partial charge in [0.05, 0.1) is 13.7 Å². The molecule has 0 aliphatic heterocycles. The van der Waals surface area contributed by atoms with Gasteiger partial charge < -0.3 is 19.5 Å². The Morgan fingerprint density at radius 3 is 2.39 bits per heavy atom. The van der Waals surface area contributed by atoms with E-state index in [1.807, 2.05) is 64.1 Å². The third kappa shape index (κ3) is 7.51. The molecular weight excluding hydrogens is 354 g/mol. The van der Waals surface area contributed by atoms with Crippen LogP contribution in [0.3, 0.4) is 0 Å². The minimum atomic E-state index is -0.510. The average molecular weight is 386 g/mol. The molecule has 1 N–H and O–H groups in total. The van der Waals surface area contributed by atoms with E-state index in [9.17, 15) is 4.79 Å². The van der Waals surface area contributed by atoms with Crippen molar-refractivity contribution in [3.63, 3.8) is 0 Å². The van der Waals surface area contributed by atoms with E-state index in [1.165, 1.54) is 5.56 Å². The van der Waals surface area contributed by atoms with Gasteiger partial charge in [0.1, 0.15) is 5.60 Å². The number of rotatable bonds is 8. The molecule has 152 valence electrons. The highest BCUT2D eigenvalue weighted by Crippen LogP contribution is 2.28. The van der Waals surface area contributed by atoms with Gasteiger partial charge in [-0.2, -0.15) is 0 Å². The van der Waals surface area contributed by atoms with Crippen LogP contribution in [0.1, 0.15) is 38.8 Å². The normalized spacial score (nSPS) is 12.2. The zero-order valence-corrected chi connectivity index (χ0v) is 17.5. The summed E-state index contributed by atoms with van der Waals surface area (Å²) in [7, 11) is 1.63. The average Bonchev–Trinajstić information content (AvgIpc) is 2.61. The molecule has 0 heterocycles. The molecule has 0 bridgehead atoms. The molecule has 2 aromatic carbocycles. The van der Waals surface area contributed by atoms with Gasteiger partial charge in [-0.05, 0) is 57.4 Å². The van der Waals surface area contributed by atoms with Crippen molar-refractivity contribution in [2.24, 2.45) is 0 Å². The van der Waals surface area contributed by atoms with Crippen LogP contribution in [0.2, 0.25) is 0 Å². The topological polar surface area (TPSA) is 56.8 Å². The van der Waals surface area contributed by atoms with E-state index in [0.29, 0.717) is 24.5 Å².